The molecule has 1 aliphatic heterocycles. The smallest absolute Gasteiger partial charge is 0.393 e. The Balaban J connectivity index is 1.80. The van der Waals surface area contributed by atoms with Gasteiger partial charge in [0.1, 0.15) is 11.9 Å². The minimum atomic E-state index is -4.58. The van der Waals surface area contributed by atoms with E-state index in [-0.39, 0.29) is 12.1 Å². The lowest BCUT2D eigenvalue weighted by Crippen LogP contribution is -2.54. The minimum absolute atomic E-state index is 0.178. The second-order valence-electron chi connectivity index (χ2n) is 9.06. The van der Waals surface area contributed by atoms with Crippen LogP contribution in [-0.2, 0) is 16.0 Å². The molecule has 2 unspecified atom stereocenters. The predicted octanol–water partition coefficient (Wildman–Crippen LogP) is 4.47. The minimum Gasteiger partial charge on any atom is -0.481 e. The summed E-state index contributed by atoms with van der Waals surface area (Å²) >= 11 is 0. The molecule has 2 N–H and O–H groups in total. The first-order valence-corrected chi connectivity index (χ1v) is 10.6. The maximum absolute atomic E-state index is 14.4. The standard InChI is InChI=1S/C22H28F4N2O3/c1-13-5-9-28(10-6-13)18(14(2)22(24,25)26)19(29)27-17-11-15(3-4-16(17)23)12-21(7-8-21)20(30)31/h3-4,11,13-14,18H,5-10,12H2,1-2H3,(H,27,29)(H,30,31). The summed E-state index contributed by atoms with van der Waals surface area (Å²) in [4.78, 5) is 25.9. The van der Waals surface area contributed by atoms with Gasteiger partial charge in [0.15, 0.2) is 0 Å². The number of piperidine rings is 1. The Kier molecular flexibility index (Phi) is 6.64. The second-order valence-corrected chi connectivity index (χ2v) is 9.06. The number of carbonyl (C=O) groups is 2. The number of aliphatic carboxylic acids is 1. The number of benzene rings is 1. The summed E-state index contributed by atoms with van der Waals surface area (Å²) in [5, 5.41) is 11.7. The van der Waals surface area contributed by atoms with E-state index in [4.69, 9.17) is 0 Å². The van der Waals surface area contributed by atoms with Crippen molar-refractivity contribution in [2.24, 2.45) is 17.3 Å². The number of hydrogen-bond acceptors (Lipinski definition) is 3. The van der Waals surface area contributed by atoms with E-state index in [2.05, 4.69) is 5.32 Å². The summed E-state index contributed by atoms with van der Waals surface area (Å²) in [5.74, 6) is -4.16. The number of alkyl halides is 3. The summed E-state index contributed by atoms with van der Waals surface area (Å²) in [7, 11) is 0. The number of anilines is 1. The van der Waals surface area contributed by atoms with Gasteiger partial charge in [-0.25, -0.2) is 4.39 Å². The highest BCUT2D eigenvalue weighted by Crippen LogP contribution is 2.48. The zero-order chi connectivity index (χ0) is 23.0. The van der Waals surface area contributed by atoms with E-state index in [1.807, 2.05) is 6.92 Å². The molecule has 2 atom stereocenters. The van der Waals surface area contributed by atoms with Crippen LogP contribution in [0, 0.1) is 23.1 Å². The fourth-order valence-corrected chi connectivity index (χ4v) is 4.19. The van der Waals surface area contributed by atoms with E-state index < -0.39 is 41.2 Å². The number of carbonyl (C=O) groups excluding carboxylic acids is 1. The van der Waals surface area contributed by atoms with E-state index in [9.17, 15) is 32.3 Å². The maximum atomic E-state index is 14.4. The lowest BCUT2D eigenvalue weighted by Gasteiger charge is -2.39. The number of halogens is 4. The SMILES string of the molecule is CC1CCN(C(C(=O)Nc2cc(CC3(C(=O)O)CC3)ccc2F)C(C)C(F)(F)F)CC1. The number of likely N-dealkylation sites (tertiary alicyclic amines) is 1. The Hall–Kier alpha value is -2.16. The van der Waals surface area contributed by atoms with Gasteiger partial charge >= 0.3 is 12.1 Å². The van der Waals surface area contributed by atoms with E-state index in [0.717, 1.165) is 13.0 Å². The average Bonchev–Trinajstić information content (AvgIpc) is 3.46. The predicted molar refractivity (Wildman–Crippen MR) is 107 cm³/mol. The molecule has 1 saturated heterocycles. The van der Waals surface area contributed by atoms with E-state index in [1.54, 1.807) is 0 Å². The number of carboxylic acids is 1. The first-order valence-electron chi connectivity index (χ1n) is 10.6. The Morgan fingerprint density at radius 2 is 1.87 bits per heavy atom. The van der Waals surface area contributed by atoms with Gasteiger partial charge in [0, 0.05) is 0 Å². The molecule has 1 aromatic carbocycles. The fourth-order valence-electron chi connectivity index (χ4n) is 4.19. The topological polar surface area (TPSA) is 69.6 Å². The highest BCUT2D eigenvalue weighted by Gasteiger charge is 2.50. The molecule has 1 aliphatic carbocycles. The van der Waals surface area contributed by atoms with Crippen LogP contribution in [-0.4, -0.2) is 47.2 Å². The summed E-state index contributed by atoms with van der Waals surface area (Å²) < 4.78 is 54.9. The maximum Gasteiger partial charge on any atom is 0.393 e. The average molecular weight is 444 g/mol. The van der Waals surface area contributed by atoms with Crippen LogP contribution >= 0.6 is 0 Å². The third-order valence-corrected chi connectivity index (χ3v) is 6.61. The fraction of sp³-hybridized carbons (Fsp3) is 0.636. The molecular formula is C22H28F4N2O3. The molecule has 0 radical (unpaired) electrons. The van der Waals surface area contributed by atoms with Crippen molar-refractivity contribution < 1.29 is 32.3 Å². The molecule has 1 heterocycles. The molecule has 2 aliphatic rings. The van der Waals surface area contributed by atoms with Crippen molar-refractivity contribution >= 4 is 17.6 Å². The van der Waals surface area contributed by atoms with Crippen molar-refractivity contribution in [2.45, 2.75) is 58.2 Å². The van der Waals surface area contributed by atoms with Crippen LogP contribution in [0.15, 0.2) is 18.2 Å². The van der Waals surface area contributed by atoms with Gasteiger partial charge in [-0.1, -0.05) is 19.9 Å². The van der Waals surface area contributed by atoms with Crippen molar-refractivity contribution in [1.82, 2.24) is 4.90 Å². The molecule has 0 aromatic heterocycles. The van der Waals surface area contributed by atoms with Crippen LogP contribution in [0.4, 0.5) is 23.2 Å². The highest BCUT2D eigenvalue weighted by molar-refractivity contribution is 5.95. The number of nitrogens with one attached hydrogen (secondary N) is 1. The van der Waals surface area contributed by atoms with Gasteiger partial charge in [0.05, 0.1) is 17.0 Å². The molecule has 5 nitrogen and oxygen atoms in total. The Bertz CT molecular complexity index is 831. The first kappa shape index (κ1) is 23.5. The Morgan fingerprint density at radius 1 is 1.26 bits per heavy atom. The molecule has 31 heavy (non-hydrogen) atoms. The molecular weight excluding hydrogens is 416 g/mol. The first-order chi connectivity index (χ1) is 14.4. The van der Waals surface area contributed by atoms with Crippen LogP contribution in [0.1, 0.15) is 45.1 Å². The van der Waals surface area contributed by atoms with Gasteiger partial charge < -0.3 is 10.4 Å². The summed E-state index contributed by atoms with van der Waals surface area (Å²) in [6.07, 6.45) is -1.99. The monoisotopic (exact) mass is 444 g/mol. The third kappa shape index (κ3) is 5.37. The largest absolute Gasteiger partial charge is 0.481 e. The molecule has 172 valence electrons. The lowest BCUT2D eigenvalue weighted by atomic mass is 9.92. The van der Waals surface area contributed by atoms with Crippen molar-refractivity contribution in [3.8, 4) is 0 Å². The van der Waals surface area contributed by atoms with Crippen LogP contribution in [0.3, 0.4) is 0 Å². The summed E-state index contributed by atoms with van der Waals surface area (Å²) in [5.41, 5.74) is -0.589. The summed E-state index contributed by atoms with van der Waals surface area (Å²) in [6, 6.07) is 2.40. The van der Waals surface area contributed by atoms with Gasteiger partial charge in [-0.2, -0.15) is 13.2 Å². The molecule has 9 heteroatoms. The number of amides is 1. The van der Waals surface area contributed by atoms with Crippen molar-refractivity contribution in [2.75, 3.05) is 18.4 Å². The number of rotatable bonds is 7. The van der Waals surface area contributed by atoms with E-state index >= 15 is 0 Å². The third-order valence-electron chi connectivity index (χ3n) is 6.61. The van der Waals surface area contributed by atoms with Crippen LogP contribution in [0.5, 0.6) is 0 Å². The molecule has 0 spiro atoms. The Morgan fingerprint density at radius 3 is 2.39 bits per heavy atom. The van der Waals surface area contributed by atoms with Gasteiger partial charge in [-0.05, 0) is 68.8 Å². The van der Waals surface area contributed by atoms with Gasteiger partial charge in [-0.3, -0.25) is 14.5 Å². The zero-order valence-corrected chi connectivity index (χ0v) is 17.6. The normalized spacial score (nSPS) is 21.4. The Labute approximate surface area is 178 Å². The molecule has 1 amide bonds. The second kappa shape index (κ2) is 8.76. The van der Waals surface area contributed by atoms with Crippen LogP contribution in [0.25, 0.3) is 0 Å². The van der Waals surface area contributed by atoms with Crippen LogP contribution in [0.2, 0.25) is 0 Å². The van der Waals surface area contributed by atoms with Gasteiger partial charge in [-0.15, -0.1) is 0 Å². The van der Waals surface area contributed by atoms with E-state index in [1.165, 1.54) is 17.0 Å². The quantitative estimate of drug-likeness (QED) is 0.609. The highest BCUT2D eigenvalue weighted by atomic mass is 19.4. The molecule has 0 bridgehead atoms. The molecule has 3 rings (SSSR count). The molecule has 1 saturated carbocycles. The lowest BCUT2D eigenvalue weighted by molar-refractivity contribution is -0.189. The van der Waals surface area contributed by atoms with Crippen molar-refractivity contribution in [3.63, 3.8) is 0 Å². The molecule has 2 fully saturated rings. The van der Waals surface area contributed by atoms with Crippen molar-refractivity contribution in [1.29, 1.82) is 0 Å². The zero-order valence-electron chi connectivity index (χ0n) is 17.6. The number of carboxylic acid groups (broad SMARTS) is 1. The van der Waals surface area contributed by atoms with Gasteiger partial charge in [0.25, 0.3) is 0 Å². The number of hydrogen-bond donors (Lipinski definition) is 2. The van der Waals surface area contributed by atoms with Gasteiger partial charge in [0.2, 0.25) is 5.91 Å². The summed E-state index contributed by atoms with van der Waals surface area (Å²) in [6.45, 7) is 3.72. The van der Waals surface area contributed by atoms with Crippen LogP contribution < -0.4 is 5.32 Å². The van der Waals surface area contributed by atoms with Crippen molar-refractivity contribution in [3.05, 3.63) is 29.6 Å². The number of nitrogens with zero attached hydrogens (tertiary/aromatic N) is 1. The van der Waals surface area contributed by atoms with E-state index in [0.29, 0.717) is 50.3 Å². The molecule has 1 aromatic rings.